The summed E-state index contributed by atoms with van der Waals surface area (Å²) in [6.07, 6.45) is 4.46. The predicted molar refractivity (Wildman–Crippen MR) is 99.0 cm³/mol. The Morgan fingerprint density at radius 1 is 1.38 bits per heavy atom. The van der Waals surface area contributed by atoms with Crippen LogP contribution in [0.5, 0.6) is 0 Å². The molecule has 2 heterocycles. The molecule has 7 heteroatoms. The van der Waals surface area contributed by atoms with Gasteiger partial charge < -0.3 is 19.5 Å². The summed E-state index contributed by atoms with van der Waals surface area (Å²) in [7, 11) is 1.70. The van der Waals surface area contributed by atoms with E-state index in [-0.39, 0.29) is 5.91 Å². The Morgan fingerprint density at radius 3 is 2.81 bits per heavy atom. The van der Waals surface area contributed by atoms with Crippen molar-refractivity contribution < 1.29 is 14.3 Å². The van der Waals surface area contributed by atoms with Crippen LogP contribution in [0.15, 0.2) is 30.7 Å². The largest absolute Gasteiger partial charge is 0.450 e. The van der Waals surface area contributed by atoms with Crippen LogP contribution in [0.25, 0.3) is 0 Å². The second kappa shape index (κ2) is 6.82. The van der Waals surface area contributed by atoms with Crippen LogP contribution in [0.2, 0.25) is 0 Å². The summed E-state index contributed by atoms with van der Waals surface area (Å²) in [5.41, 5.74) is 2.97. The van der Waals surface area contributed by atoms with E-state index in [1.54, 1.807) is 27.2 Å². The highest BCUT2D eigenvalue weighted by Crippen LogP contribution is 2.33. The number of aromatic amines is 1. The van der Waals surface area contributed by atoms with Crippen molar-refractivity contribution in [3.05, 3.63) is 42.0 Å². The van der Waals surface area contributed by atoms with Crippen LogP contribution in [0.3, 0.4) is 0 Å². The number of hydrogen-bond acceptors (Lipinski definition) is 5. The van der Waals surface area contributed by atoms with Crippen LogP contribution in [-0.2, 0) is 27.3 Å². The van der Waals surface area contributed by atoms with Gasteiger partial charge in [0.25, 0.3) is 5.91 Å². The molecule has 0 bridgehead atoms. The molecule has 7 nitrogen and oxygen atoms in total. The lowest BCUT2D eigenvalue weighted by Gasteiger charge is -2.29. The van der Waals surface area contributed by atoms with E-state index in [2.05, 4.69) is 20.9 Å². The van der Waals surface area contributed by atoms with Crippen LogP contribution >= 0.6 is 0 Å². The summed E-state index contributed by atoms with van der Waals surface area (Å²) in [5.74, 6) is -0.748. The van der Waals surface area contributed by atoms with Gasteiger partial charge in [0.2, 0.25) is 0 Å². The molecule has 138 valence electrons. The molecule has 1 aromatic carbocycles. The molecule has 0 fully saturated rings. The first kappa shape index (κ1) is 18.0. The van der Waals surface area contributed by atoms with Gasteiger partial charge in [-0.05, 0) is 38.0 Å². The van der Waals surface area contributed by atoms with Crippen molar-refractivity contribution in [2.24, 2.45) is 0 Å². The number of H-pyrrole nitrogens is 1. The average Bonchev–Trinajstić information content (AvgIpc) is 3.22. The molecule has 1 aromatic heterocycles. The number of hydrogen-bond donors (Lipinski definition) is 1. The van der Waals surface area contributed by atoms with Crippen LogP contribution < -0.4 is 9.80 Å². The van der Waals surface area contributed by atoms with E-state index in [0.29, 0.717) is 0 Å². The second-order valence-corrected chi connectivity index (χ2v) is 7.03. The number of imidazole rings is 1. The molecule has 0 spiro atoms. The molecule has 0 saturated heterocycles. The fourth-order valence-electron chi connectivity index (χ4n) is 3.31. The summed E-state index contributed by atoms with van der Waals surface area (Å²) in [6.45, 7) is 6.18. The Kier molecular flexibility index (Phi) is 4.71. The predicted octanol–water partition coefficient (Wildman–Crippen LogP) is 2.28. The second-order valence-electron chi connectivity index (χ2n) is 7.03. The summed E-state index contributed by atoms with van der Waals surface area (Å²) in [5, 5.41) is 0. The van der Waals surface area contributed by atoms with Crippen molar-refractivity contribution in [3.8, 4) is 0 Å². The van der Waals surface area contributed by atoms with Crippen molar-refractivity contribution in [3.63, 3.8) is 0 Å². The number of ether oxygens (including phenoxy) is 1. The number of likely N-dealkylation sites (N-methyl/N-ethyl adjacent to an activating group) is 1. The van der Waals surface area contributed by atoms with Gasteiger partial charge in [-0.2, -0.15) is 0 Å². The van der Waals surface area contributed by atoms with Crippen molar-refractivity contribution in [2.45, 2.75) is 39.3 Å². The van der Waals surface area contributed by atoms with Gasteiger partial charge >= 0.3 is 5.97 Å². The number of fused-ring (bicyclic) bond motifs is 1. The first-order valence-electron chi connectivity index (χ1n) is 8.61. The normalized spacial score (nSPS) is 13.5. The number of benzene rings is 1. The summed E-state index contributed by atoms with van der Waals surface area (Å²) >= 11 is 0. The Labute approximate surface area is 153 Å². The highest BCUT2D eigenvalue weighted by atomic mass is 16.6. The Balaban J connectivity index is 1.81. The van der Waals surface area contributed by atoms with Gasteiger partial charge in [-0.15, -0.1) is 0 Å². The molecule has 0 radical (unpaired) electrons. The quantitative estimate of drug-likeness (QED) is 0.832. The number of nitrogens with one attached hydrogen (secondary N) is 1. The van der Waals surface area contributed by atoms with Crippen molar-refractivity contribution in [1.29, 1.82) is 0 Å². The van der Waals surface area contributed by atoms with E-state index in [1.165, 1.54) is 17.4 Å². The first-order chi connectivity index (χ1) is 12.3. The molecule has 2 aromatic rings. The lowest BCUT2D eigenvalue weighted by Crippen LogP contribution is -2.46. The fraction of sp³-hybridized carbons (Fsp3) is 0.421. The van der Waals surface area contributed by atoms with Crippen molar-refractivity contribution in [2.75, 3.05) is 23.4 Å². The molecule has 3 rings (SSSR count). The minimum Gasteiger partial charge on any atom is -0.450 e. The van der Waals surface area contributed by atoms with Gasteiger partial charge in [-0.1, -0.05) is 6.07 Å². The van der Waals surface area contributed by atoms with Gasteiger partial charge in [-0.3, -0.25) is 9.59 Å². The monoisotopic (exact) mass is 356 g/mol. The molecular weight excluding hydrogens is 332 g/mol. The van der Waals surface area contributed by atoms with Crippen LogP contribution in [0.1, 0.15) is 32.0 Å². The zero-order valence-corrected chi connectivity index (χ0v) is 15.6. The van der Waals surface area contributed by atoms with Gasteiger partial charge in [0.15, 0.2) is 5.60 Å². The van der Waals surface area contributed by atoms with Gasteiger partial charge in [0, 0.05) is 38.1 Å². The molecule has 0 aliphatic carbocycles. The first-order valence-corrected chi connectivity index (χ1v) is 8.61. The van der Waals surface area contributed by atoms with Gasteiger partial charge in [-0.25, -0.2) is 4.98 Å². The number of esters is 1. The molecule has 0 saturated carbocycles. The third-order valence-electron chi connectivity index (χ3n) is 4.58. The molecule has 26 heavy (non-hydrogen) atoms. The maximum Gasteiger partial charge on any atom is 0.303 e. The molecule has 1 N–H and O–H groups in total. The molecule has 0 unspecified atom stereocenters. The standard InChI is InChI=1S/C19H24N4O3/c1-13(24)26-19(2,3)18(25)22(4)16-6-5-14-7-8-23(17(14)9-16)11-15-10-20-12-21-15/h5-6,9-10,12H,7-8,11H2,1-4H3,(H,20,21). The number of nitrogens with zero attached hydrogens (tertiary/aromatic N) is 3. The third kappa shape index (κ3) is 3.56. The molecule has 1 aliphatic heterocycles. The van der Waals surface area contributed by atoms with Crippen LogP contribution in [0, 0.1) is 0 Å². The number of carbonyl (C=O) groups is 2. The highest BCUT2D eigenvalue weighted by molar-refractivity contribution is 6.00. The van der Waals surface area contributed by atoms with E-state index in [9.17, 15) is 9.59 Å². The lowest BCUT2D eigenvalue weighted by atomic mass is 10.1. The van der Waals surface area contributed by atoms with E-state index in [0.717, 1.165) is 36.6 Å². The van der Waals surface area contributed by atoms with E-state index in [1.807, 2.05) is 18.3 Å². The third-order valence-corrected chi connectivity index (χ3v) is 4.58. The minimum absolute atomic E-state index is 0.272. The average molecular weight is 356 g/mol. The summed E-state index contributed by atoms with van der Waals surface area (Å²) in [4.78, 5) is 35.0. The molecule has 0 atom stereocenters. The van der Waals surface area contributed by atoms with Crippen molar-refractivity contribution in [1.82, 2.24) is 9.97 Å². The topological polar surface area (TPSA) is 78.5 Å². The summed E-state index contributed by atoms with van der Waals surface area (Å²) < 4.78 is 5.17. The number of carbonyl (C=O) groups excluding carboxylic acids is 2. The number of amides is 1. The van der Waals surface area contributed by atoms with Crippen LogP contribution in [-0.4, -0.2) is 41.0 Å². The Bertz CT molecular complexity index is 814. The highest BCUT2D eigenvalue weighted by Gasteiger charge is 2.34. The maximum absolute atomic E-state index is 12.8. The number of aromatic nitrogens is 2. The van der Waals surface area contributed by atoms with E-state index < -0.39 is 11.6 Å². The smallest absolute Gasteiger partial charge is 0.303 e. The van der Waals surface area contributed by atoms with E-state index in [4.69, 9.17) is 4.74 Å². The molecule has 1 aliphatic rings. The van der Waals surface area contributed by atoms with Crippen molar-refractivity contribution >= 4 is 23.3 Å². The van der Waals surface area contributed by atoms with Crippen LogP contribution in [0.4, 0.5) is 11.4 Å². The van der Waals surface area contributed by atoms with Gasteiger partial charge in [0.1, 0.15) is 0 Å². The minimum atomic E-state index is -1.21. The summed E-state index contributed by atoms with van der Waals surface area (Å²) in [6, 6.07) is 6.00. The van der Waals surface area contributed by atoms with Gasteiger partial charge in [0.05, 0.1) is 18.6 Å². The maximum atomic E-state index is 12.8. The Morgan fingerprint density at radius 2 is 2.15 bits per heavy atom. The Hall–Kier alpha value is -2.83. The lowest BCUT2D eigenvalue weighted by molar-refractivity contribution is -0.161. The number of anilines is 2. The number of rotatable bonds is 5. The molecule has 1 amide bonds. The zero-order valence-electron chi connectivity index (χ0n) is 15.6. The zero-order chi connectivity index (χ0) is 18.9. The van der Waals surface area contributed by atoms with E-state index >= 15 is 0 Å². The molecular formula is C19H24N4O3. The fourth-order valence-corrected chi connectivity index (χ4v) is 3.31. The SMILES string of the molecule is CC(=O)OC(C)(C)C(=O)N(C)c1ccc2c(c1)N(Cc1cnc[nH]1)CC2.